The number of rotatable bonds is 4. The van der Waals surface area contributed by atoms with Gasteiger partial charge in [0.25, 0.3) is 0 Å². The molecule has 116 valence electrons. The van der Waals surface area contributed by atoms with E-state index in [-0.39, 0.29) is 5.41 Å². The van der Waals surface area contributed by atoms with Gasteiger partial charge >= 0.3 is 0 Å². The topological polar surface area (TPSA) is 0 Å². The van der Waals surface area contributed by atoms with Gasteiger partial charge in [0.2, 0.25) is 0 Å². The van der Waals surface area contributed by atoms with Crippen molar-refractivity contribution in [1.29, 1.82) is 0 Å². The molecular formula is C23H24. The second-order valence-corrected chi connectivity index (χ2v) is 6.96. The lowest BCUT2D eigenvalue weighted by molar-refractivity contribution is 0.305. The van der Waals surface area contributed by atoms with Crippen LogP contribution < -0.4 is 0 Å². The lowest BCUT2D eigenvalue weighted by atomic mass is 9.63. The van der Waals surface area contributed by atoms with Crippen LogP contribution in [0.5, 0.6) is 0 Å². The summed E-state index contributed by atoms with van der Waals surface area (Å²) in [7, 11) is 0. The van der Waals surface area contributed by atoms with Crippen LogP contribution in [-0.2, 0) is 0 Å². The highest BCUT2D eigenvalue weighted by atomic mass is 14.4. The zero-order valence-corrected chi connectivity index (χ0v) is 13.8. The van der Waals surface area contributed by atoms with Gasteiger partial charge in [-0.15, -0.1) is 0 Å². The molecule has 2 aliphatic carbocycles. The first-order valence-electron chi connectivity index (χ1n) is 8.88. The normalized spacial score (nSPS) is 25.2. The number of allylic oxidation sites excluding steroid dienone is 5. The summed E-state index contributed by atoms with van der Waals surface area (Å²) in [6.07, 6.45) is 19.1. The molecule has 0 aliphatic heterocycles. The van der Waals surface area contributed by atoms with Crippen molar-refractivity contribution >= 4 is 16.8 Å². The highest BCUT2D eigenvalue weighted by Crippen LogP contribution is 2.50. The third-order valence-electron chi connectivity index (χ3n) is 5.56. The fraction of sp³-hybridized carbons (Fsp3) is 0.304. The van der Waals surface area contributed by atoms with Crippen molar-refractivity contribution < 1.29 is 0 Å². The Bertz CT molecular complexity index is 801. The van der Waals surface area contributed by atoms with Crippen LogP contribution in [0.4, 0.5) is 0 Å². The molecule has 2 aromatic carbocycles. The van der Waals surface area contributed by atoms with Crippen LogP contribution >= 0.6 is 0 Å². The molecule has 23 heavy (non-hydrogen) atoms. The molecule has 0 saturated carbocycles. The fourth-order valence-corrected chi connectivity index (χ4v) is 4.36. The third-order valence-corrected chi connectivity index (χ3v) is 5.56. The first-order chi connectivity index (χ1) is 11.3. The molecule has 0 spiro atoms. The Balaban J connectivity index is 1.86. The van der Waals surface area contributed by atoms with E-state index in [4.69, 9.17) is 0 Å². The Kier molecular flexibility index (Phi) is 3.69. The summed E-state index contributed by atoms with van der Waals surface area (Å²) in [5, 5.41) is 2.83. The van der Waals surface area contributed by atoms with Crippen molar-refractivity contribution in [2.24, 2.45) is 5.41 Å². The average Bonchev–Trinajstić information content (AvgIpc) is 2.62. The minimum absolute atomic E-state index is 0.239. The fourth-order valence-electron chi connectivity index (χ4n) is 4.36. The molecule has 2 unspecified atom stereocenters. The largest absolute Gasteiger partial charge is 0.0837 e. The average molecular weight is 300 g/mol. The predicted molar refractivity (Wildman–Crippen MR) is 101 cm³/mol. The van der Waals surface area contributed by atoms with Crippen LogP contribution in [0.3, 0.4) is 0 Å². The van der Waals surface area contributed by atoms with Gasteiger partial charge in [-0.25, -0.2) is 0 Å². The summed E-state index contributed by atoms with van der Waals surface area (Å²) in [6, 6.07) is 13.5. The highest BCUT2D eigenvalue weighted by Gasteiger charge is 2.37. The molecule has 0 fully saturated rings. The summed E-state index contributed by atoms with van der Waals surface area (Å²) in [4.78, 5) is 0. The van der Waals surface area contributed by atoms with Crippen molar-refractivity contribution in [3.05, 3.63) is 77.9 Å². The van der Waals surface area contributed by atoms with E-state index in [1.54, 1.807) is 0 Å². The van der Waals surface area contributed by atoms with Crippen LogP contribution in [0, 0.1) is 5.41 Å². The maximum Gasteiger partial charge on any atom is 0.0122 e. The van der Waals surface area contributed by atoms with Gasteiger partial charge in [0.1, 0.15) is 0 Å². The quantitative estimate of drug-likeness (QED) is 0.593. The maximum absolute atomic E-state index is 2.48. The summed E-state index contributed by atoms with van der Waals surface area (Å²) >= 11 is 0. The second kappa shape index (κ2) is 5.85. The number of hydrogen-bond acceptors (Lipinski definition) is 0. The van der Waals surface area contributed by atoms with Crippen LogP contribution in [-0.4, -0.2) is 0 Å². The van der Waals surface area contributed by atoms with E-state index in [0.29, 0.717) is 5.92 Å². The summed E-state index contributed by atoms with van der Waals surface area (Å²) < 4.78 is 0. The van der Waals surface area contributed by atoms with E-state index >= 15 is 0 Å². The minimum Gasteiger partial charge on any atom is -0.0837 e. The Hall–Kier alpha value is -2.08. The molecule has 0 heteroatoms. The standard InChI is InChI=1S/C23H24/c1-2-3-15-23(16-5-4-6-17-23)21-14-13-19-10-7-9-18-11-8-12-20(21)22(18)19/h4-14,16,21H,2-3,15,17H2,1H3. The third kappa shape index (κ3) is 2.37. The molecule has 0 bridgehead atoms. The van der Waals surface area contributed by atoms with Gasteiger partial charge in [-0.1, -0.05) is 92.6 Å². The van der Waals surface area contributed by atoms with Crippen LogP contribution in [0.25, 0.3) is 16.8 Å². The maximum atomic E-state index is 2.48. The zero-order valence-electron chi connectivity index (χ0n) is 13.8. The second-order valence-electron chi connectivity index (χ2n) is 6.96. The van der Waals surface area contributed by atoms with Gasteiger partial charge in [-0.05, 0) is 34.7 Å². The molecule has 0 amide bonds. The van der Waals surface area contributed by atoms with Crippen LogP contribution in [0.15, 0.2) is 66.8 Å². The van der Waals surface area contributed by atoms with E-state index in [1.165, 1.54) is 41.2 Å². The Morgan fingerprint density at radius 1 is 1.09 bits per heavy atom. The summed E-state index contributed by atoms with van der Waals surface area (Å²) in [5.74, 6) is 0.480. The Labute approximate surface area is 139 Å². The molecule has 0 aromatic heterocycles. The monoisotopic (exact) mass is 300 g/mol. The predicted octanol–water partition coefficient (Wildman–Crippen LogP) is 6.64. The smallest absolute Gasteiger partial charge is 0.0122 e. The number of unbranched alkanes of at least 4 members (excludes halogenated alkanes) is 1. The van der Waals surface area contributed by atoms with E-state index < -0.39 is 0 Å². The molecule has 2 aliphatic rings. The van der Waals surface area contributed by atoms with Gasteiger partial charge in [-0.3, -0.25) is 0 Å². The van der Waals surface area contributed by atoms with E-state index in [0.717, 1.165) is 6.42 Å². The molecular weight excluding hydrogens is 276 g/mol. The Morgan fingerprint density at radius 2 is 1.96 bits per heavy atom. The SMILES string of the molecule is CCCCC1(C2C=Cc3cccc4cccc2c34)C=CC=CC1. The van der Waals surface area contributed by atoms with Gasteiger partial charge < -0.3 is 0 Å². The Morgan fingerprint density at radius 3 is 2.74 bits per heavy atom. The molecule has 2 atom stereocenters. The molecule has 2 aromatic rings. The summed E-state index contributed by atoms with van der Waals surface area (Å²) in [6.45, 7) is 2.29. The molecule has 0 nitrogen and oxygen atoms in total. The minimum atomic E-state index is 0.239. The van der Waals surface area contributed by atoms with Crippen molar-refractivity contribution in [2.45, 2.75) is 38.5 Å². The van der Waals surface area contributed by atoms with Gasteiger partial charge in [0, 0.05) is 11.3 Å². The van der Waals surface area contributed by atoms with Gasteiger partial charge in [0.05, 0.1) is 0 Å². The summed E-state index contributed by atoms with van der Waals surface area (Å²) in [5.41, 5.74) is 3.12. The van der Waals surface area contributed by atoms with Crippen molar-refractivity contribution in [3.63, 3.8) is 0 Å². The van der Waals surface area contributed by atoms with E-state index in [2.05, 4.69) is 79.8 Å². The van der Waals surface area contributed by atoms with Gasteiger partial charge in [0.15, 0.2) is 0 Å². The van der Waals surface area contributed by atoms with Crippen molar-refractivity contribution in [1.82, 2.24) is 0 Å². The van der Waals surface area contributed by atoms with Gasteiger partial charge in [-0.2, -0.15) is 0 Å². The lowest BCUT2D eigenvalue weighted by Crippen LogP contribution is -2.27. The lowest BCUT2D eigenvalue weighted by Gasteiger charge is -2.40. The molecule has 0 N–H and O–H groups in total. The highest BCUT2D eigenvalue weighted by molar-refractivity contribution is 5.95. The molecule has 4 rings (SSSR count). The van der Waals surface area contributed by atoms with Crippen LogP contribution in [0.2, 0.25) is 0 Å². The molecule has 0 radical (unpaired) electrons. The number of benzene rings is 2. The number of hydrogen-bond donors (Lipinski definition) is 0. The molecule has 0 heterocycles. The zero-order chi connectivity index (χ0) is 15.7. The van der Waals surface area contributed by atoms with Crippen molar-refractivity contribution in [3.8, 4) is 0 Å². The van der Waals surface area contributed by atoms with E-state index in [9.17, 15) is 0 Å². The molecule has 0 saturated heterocycles. The van der Waals surface area contributed by atoms with Crippen LogP contribution in [0.1, 0.15) is 49.7 Å². The first kappa shape index (κ1) is 14.5. The van der Waals surface area contributed by atoms with Crippen molar-refractivity contribution in [2.75, 3.05) is 0 Å². The first-order valence-corrected chi connectivity index (χ1v) is 8.88. The van der Waals surface area contributed by atoms with E-state index in [1.807, 2.05) is 0 Å².